The molecular formula is C16H24N2O5. The number of carbonyl (C=O) groups is 2. The minimum Gasteiger partial charge on any atom is -0.393 e. The molecule has 0 spiro atoms. The van der Waals surface area contributed by atoms with Gasteiger partial charge in [0.2, 0.25) is 5.91 Å². The van der Waals surface area contributed by atoms with Crippen LogP contribution in [0.15, 0.2) is 0 Å². The van der Waals surface area contributed by atoms with E-state index in [1.54, 1.807) is 0 Å². The molecule has 4 rings (SSSR count). The summed E-state index contributed by atoms with van der Waals surface area (Å²) in [5, 5.41) is 10.8. The zero-order valence-electron chi connectivity index (χ0n) is 13.2. The van der Waals surface area contributed by atoms with Crippen LogP contribution in [0.1, 0.15) is 32.1 Å². The van der Waals surface area contributed by atoms with Gasteiger partial charge < -0.3 is 14.7 Å². The van der Waals surface area contributed by atoms with Gasteiger partial charge >= 0.3 is 0 Å². The van der Waals surface area contributed by atoms with Crippen molar-refractivity contribution < 1.29 is 24.3 Å². The molecule has 4 aliphatic rings. The predicted molar refractivity (Wildman–Crippen MR) is 79.0 cm³/mol. The molecule has 23 heavy (non-hydrogen) atoms. The van der Waals surface area contributed by atoms with E-state index >= 15 is 0 Å². The van der Waals surface area contributed by atoms with Crippen molar-refractivity contribution >= 4 is 11.8 Å². The second-order valence-electron chi connectivity index (χ2n) is 7.18. The molecule has 2 amide bonds. The number of nitrogens with zero attached hydrogens (tertiary/aromatic N) is 2. The minimum absolute atomic E-state index is 0.0293. The number of hydrogen-bond acceptors (Lipinski definition) is 5. The Morgan fingerprint density at radius 3 is 2.61 bits per heavy atom. The third-order valence-corrected chi connectivity index (χ3v) is 5.60. The lowest BCUT2D eigenvalue weighted by atomic mass is 9.80. The molecule has 0 aromatic heterocycles. The summed E-state index contributed by atoms with van der Waals surface area (Å²) in [6, 6.07) is 0. The average molecular weight is 324 g/mol. The molecular weight excluding hydrogens is 300 g/mol. The van der Waals surface area contributed by atoms with Crippen LogP contribution in [0.2, 0.25) is 0 Å². The summed E-state index contributed by atoms with van der Waals surface area (Å²) >= 11 is 0. The van der Waals surface area contributed by atoms with Gasteiger partial charge in [-0.2, -0.15) is 0 Å². The summed E-state index contributed by atoms with van der Waals surface area (Å²) in [4.78, 5) is 32.0. The summed E-state index contributed by atoms with van der Waals surface area (Å²) in [5.41, 5.74) is 0. The maximum absolute atomic E-state index is 12.4. The molecule has 1 saturated carbocycles. The van der Waals surface area contributed by atoms with Crippen LogP contribution < -0.4 is 0 Å². The van der Waals surface area contributed by atoms with Gasteiger partial charge in [-0.3, -0.25) is 14.4 Å². The first kappa shape index (κ1) is 15.4. The van der Waals surface area contributed by atoms with E-state index in [9.17, 15) is 14.7 Å². The van der Waals surface area contributed by atoms with E-state index in [0.29, 0.717) is 38.5 Å². The Kier molecular flexibility index (Phi) is 4.03. The van der Waals surface area contributed by atoms with E-state index in [0.717, 1.165) is 25.8 Å². The van der Waals surface area contributed by atoms with Crippen LogP contribution in [0.5, 0.6) is 0 Å². The molecule has 3 heterocycles. The number of aliphatic hydroxyl groups excluding tert-OH is 1. The fourth-order valence-electron chi connectivity index (χ4n) is 4.12. The summed E-state index contributed by atoms with van der Waals surface area (Å²) in [6.45, 7) is 2.54. The van der Waals surface area contributed by atoms with Crippen molar-refractivity contribution in [2.45, 2.75) is 50.4 Å². The van der Waals surface area contributed by atoms with Crippen LogP contribution in [-0.2, 0) is 19.2 Å². The molecule has 0 aromatic carbocycles. The fraction of sp³-hybridized carbons (Fsp3) is 0.875. The number of ether oxygens (including phenoxy) is 1. The van der Waals surface area contributed by atoms with Gasteiger partial charge in [-0.25, -0.2) is 5.06 Å². The van der Waals surface area contributed by atoms with E-state index in [1.807, 2.05) is 4.90 Å². The van der Waals surface area contributed by atoms with Crippen LogP contribution in [0, 0.1) is 11.8 Å². The highest BCUT2D eigenvalue weighted by Gasteiger charge is 2.46. The summed E-state index contributed by atoms with van der Waals surface area (Å²) < 4.78 is 5.96. The lowest BCUT2D eigenvalue weighted by Crippen LogP contribution is -2.50. The molecule has 3 aliphatic heterocycles. The predicted octanol–water partition coefficient (Wildman–Crippen LogP) is -0.0728. The summed E-state index contributed by atoms with van der Waals surface area (Å²) in [7, 11) is 0. The maximum Gasteiger partial charge on any atom is 0.275 e. The van der Waals surface area contributed by atoms with E-state index < -0.39 is 6.10 Å². The highest BCUT2D eigenvalue weighted by Crippen LogP contribution is 2.36. The SMILES string of the molecule is O=C(C1CC(O)C1)N1CC[C@H]2C[C@H](C(=O)N3CCCO3)O[C@@H]2C1. The molecule has 1 aliphatic carbocycles. The van der Waals surface area contributed by atoms with Crippen LogP contribution >= 0.6 is 0 Å². The molecule has 1 N–H and O–H groups in total. The molecule has 3 saturated heterocycles. The fourth-order valence-corrected chi connectivity index (χ4v) is 4.12. The number of hydroxylamine groups is 2. The van der Waals surface area contributed by atoms with Gasteiger partial charge in [0, 0.05) is 19.0 Å². The first-order valence-corrected chi connectivity index (χ1v) is 8.68. The topological polar surface area (TPSA) is 79.3 Å². The van der Waals surface area contributed by atoms with Gasteiger partial charge in [0.15, 0.2) is 0 Å². The molecule has 0 bridgehead atoms. The van der Waals surface area contributed by atoms with Crippen LogP contribution in [0.25, 0.3) is 0 Å². The Bertz CT molecular complexity index is 487. The second kappa shape index (κ2) is 6.03. The first-order chi connectivity index (χ1) is 11.1. The van der Waals surface area contributed by atoms with Crippen molar-refractivity contribution in [3.8, 4) is 0 Å². The number of likely N-dealkylation sites (tertiary alicyclic amines) is 1. The third kappa shape index (κ3) is 2.86. The Hall–Kier alpha value is -1.18. The Labute approximate surface area is 135 Å². The molecule has 0 radical (unpaired) electrons. The number of piperidine rings is 1. The van der Waals surface area contributed by atoms with Crippen molar-refractivity contribution in [3.05, 3.63) is 0 Å². The van der Waals surface area contributed by atoms with Crippen molar-refractivity contribution in [2.75, 3.05) is 26.2 Å². The van der Waals surface area contributed by atoms with E-state index in [1.165, 1.54) is 5.06 Å². The molecule has 128 valence electrons. The smallest absolute Gasteiger partial charge is 0.275 e. The lowest BCUT2D eigenvalue weighted by molar-refractivity contribution is -0.180. The van der Waals surface area contributed by atoms with Crippen LogP contribution in [-0.4, -0.2) is 71.4 Å². The lowest BCUT2D eigenvalue weighted by Gasteiger charge is -2.39. The van der Waals surface area contributed by atoms with Crippen molar-refractivity contribution in [3.63, 3.8) is 0 Å². The van der Waals surface area contributed by atoms with Crippen LogP contribution in [0.4, 0.5) is 0 Å². The zero-order valence-corrected chi connectivity index (χ0v) is 13.2. The monoisotopic (exact) mass is 324 g/mol. The van der Waals surface area contributed by atoms with E-state index in [4.69, 9.17) is 9.57 Å². The molecule has 7 heteroatoms. The van der Waals surface area contributed by atoms with Gasteiger partial charge in [-0.1, -0.05) is 0 Å². The number of carbonyl (C=O) groups excluding carboxylic acids is 2. The van der Waals surface area contributed by atoms with Gasteiger partial charge in [-0.05, 0) is 38.0 Å². The van der Waals surface area contributed by atoms with E-state index in [2.05, 4.69) is 0 Å². The molecule has 4 fully saturated rings. The van der Waals surface area contributed by atoms with Crippen LogP contribution in [0.3, 0.4) is 0 Å². The second-order valence-corrected chi connectivity index (χ2v) is 7.18. The van der Waals surface area contributed by atoms with Gasteiger partial charge in [-0.15, -0.1) is 0 Å². The summed E-state index contributed by atoms with van der Waals surface area (Å²) in [6.07, 6.45) is 2.87. The normalized spacial score (nSPS) is 40.0. The van der Waals surface area contributed by atoms with Gasteiger partial charge in [0.25, 0.3) is 5.91 Å². The third-order valence-electron chi connectivity index (χ3n) is 5.60. The average Bonchev–Trinajstić information content (AvgIpc) is 3.18. The molecule has 0 aromatic rings. The first-order valence-electron chi connectivity index (χ1n) is 8.68. The standard InChI is InChI=1S/C16H24N2O5/c19-12-6-11(7-12)15(20)17-4-2-10-8-13(23-14(10)9-17)16(21)18-3-1-5-22-18/h10-14,19H,1-9H2/t10-,11?,12?,13+,14+/m0/s1. The zero-order chi connectivity index (χ0) is 16.0. The van der Waals surface area contributed by atoms with Gasteiger partial charge in [0.05, 0.1) is 25.4 Å². The number of rotatable bonds is 2. The number of amides is 2. The molecule has 7 nitrogen and oxygen atoms in total. The van der Waals surface area contributed by atoms with Crippen molar-refractivity contribution in [1.29, 1.82) is 0 Å². The Morgan fingerprint density at radius 2 is 1.91 bits per heavy atom. The molecule has 0 unspecified atom stereocenters. The van der Waals surface area contributed by atoms with Gasteiger partial charge in [0.1, 0.15) is 6.10 Å². The Morgan fingerprint density at radius 1 is 1.09 bits per heavy atom. The summed E-state index contributed by atoms with van der Waals surface area (Å²) in [5.74, 6) is 0.382. The Balaban J connectivity index is 1.33. The number of hydrogen-bond donors (Lipinski definition) is 1. The van der Waals surface area contributed by atoms with E-state index in [-0.39, 0.29) is 29.9 Å². The minimum atomic E-state index is -0.427. The van der Waals surface area contributed by atoms with Crippen molar-refractivity contribution in [1.82, 2.24) is 9.96 Å². The number of fused-ring (bicyclic) bond motifs is 1. The number of aliphatic hydroxyl groups is 1. The highest BCUT2D eigenvalue weighted by atomic mass is 16.7. The maximum atomic E-state index is 12.4. The highest BCUT2D eigenvalue weighted by molar-refractivity contribution is 5.81. The van der Waals surface area contributed by atoms with Crippen molar-refractivity contribution in [2.24, 2.45) is 11.8 Å². The quantitative estimate of drug-likeness (QED) is 0.769. The largest absolute Gasteiger partial charge is 0.393 e. The molecule has 3 atom stereocenters.